The van der Waals surface area contributed by atoms with Crippen molar-refractivity contribution in [2.45, 2.75) is 22.4 Å². The summed E-state index contributed by atoms with van der Waals surface area (Å²) in [7, 11) is -7.33. The Morgan fingerprint density at radius 2 is 1.82 bits per heavy atom. The number of sulfonamides is 2. The van der Waals surface area contributed by atoms with E-state index in [1.165, 1.54) is 10.7 Å². The summed E-state index contributed by atoms with van der Waals surface area (Å²) in [6.07, 6.45) is 0. The monoisotopic (exact) mass is 622 g/mol. The van der Waals surface area contributed by atoms with E-state index in [1.807, 2.05) is 22.6 Å². The van der Waals surface area contributed by atoms with Crippen LogP contribution in [0.1, 0.15) is 5.56 Å². The van der Waals surface area contributed by atoms with Gasteiger partial charge in [0, 0.05) is 22.7 Å². The van der Waals surface area contributed by atoms with Crippen LogP contribution in [-0.2, 0) is 26.6 Å². The number of tetrazole rings is 1. The Morgan fingerprint density at radius 1 is 1.15 bits per heavy atom. The Morgan fingerprint density at radius 3 is 2.41 bits per heavy atom. The lowest BCUT2D eigenvalue weighted by molar-refractivity contribution is 0.414. The van der Waals surface area contributed by atoms with Gasteiger partial charge in [0.15, 0.2) is 5.82 Å². The Hall–Kier alpha value is -2.22. The lowest BCUT2D eigenvalue weighted by Gasteiger charge is -2.17. The van der Waals surface area contributed by atoms with Gasteiger partial charge in [-0.3, -0.25) is 0 Å². The number of hydrogen-bond acceptors (Lipinski definition) is 10. The van der Waals surface area contributed by atoms with Crippen LogP contribution in [0.15, 0.2) is 46.2 Å². The topological polar surface area (TPSA) is 211 Å². The van der Waals surface area contributed by atoms with Crippen LogP contribution in [0, 0.1) is 3.57 Å². The second-order valence-corrected chi connectivity index (χ2v) is 11.5. The minimum absolute atomic E-state index is 0.0277. The van der Waals surface area contributed by atoms with E-state index in [0.717, 1.165) is 11.6 Å². The molecule has 0 amide bonds. The molecule has 0 fully saturated rings. The average Bonchev–Trinajstić information content (AvgIpc) is 3.24. The molecule has 0 aliphatic heterocycles. The summed E-state index contributed by atoms with van der Waals surface area (Å²) in [5.74, 6) is 0.687. The highest BCUT2D eigenvalue weighted by atomic mass is 127. The molecule has 0 spiro atoms. The zero-order chi connectivity index (χ0) is 25.1. The summed E-state index contributed by atoms with van der Waals surface area (Å²) in [5.41, 5.74) is 11.9. The molecule has 0 aliphatic rings. The van der Waals surface area contributed by atoms with Gasteiger partial charge in [-0.25, -0.2) is 31.4 Å². The van der Waals surface area contributed by atoms with Gasteiger partial charge in [-0.2, -0.15) is 0 Å². The van der Waals surface area contributed by atoms with Gasteiger partial charge in [-0.05, 0) is 62.8 Å². The van der Waals surface area contributed by atoms with Gasteiger partial charge < -0.3 is 16.2 Å². The Labute approximate surface area is 210 Å². The van der Waals surface area contributed by atoms with Crippen LogP contribution in [0.3, 0.4) is 0 Å². The van der Waals surface area contributed by atoms with Crippen molar-refractivity contribution in [1.29, 1.82) is 0 Å². The number of ether oxygens (including phenoxy) is 1. The third-order valence-corrected chi connectivity index (χ3v) is 8.22. The van der Waals surface area contributed by atoms with E-state index in [2.05, 4.69) is 20.2 Å². The van der Waals surface area contributed by atoms with Crippen LogP contribution >= 0.6 is 22.6 Å². The van der Waals surface area contributed by atoms with E-state index in [0.29, 0.717) is 9.32 Å². The van der Waals surface area contributed by atoms with E-state index >= 15 is 0 Å². The van der Waals surface area contributed by atoms with Crippen molar-refractivity contribution in [3.8, 4) is 17.1 Å². The second-order valence-electron chi connectivity index (χ2n) is 7.15. The van der Waals surface area contributed by atoms with Crippen LogP contribution in [0.2, 0.25) is 0 Å². The molecule has 0 aliphatic carbocycles. The van der Waals surface area contributed by atoms with Gasteiger partial charge in [0.1, 0.15) is 15.5 Å². The zero-order valence-electron chi connectivity index (χ0n) is 17.9. The zero-order valence-corrected chi connectivity index (χ0v) is 21.7. The molecule has 0 unspecified atom stereocenters. The van der Waals surface area contributed by atoms with Crippen LogP contribution in [0.5, 0.6) is 5.75 Å². The number of rotatable bonds is 10. The molecule has 184 valence electrons. The molecule has 3 rings (SSSR count). The summed E-state index contributed by atoms with van der Waals surface area (Å²) in [5, 5.41) is 17.1. The lowest BCUT2D eigenvalue weighted by Crippen LogP contribution is -2.42. The van der Waals surface area contributed by atoms with E-state index in [-0.39, 0.29) is 31.0 Å². The van der Waals surface area contributed by atoms with E-state index in [9.17, 15) is 16.8 Å². The van der Waals surface area contributed by atoms with Gasteiger partial charge in [-0.1, -0.05) is 12.1 Å². The van der Waals surface area contributed by atoms with E-state index < -0.39 is 35.9 Å². The van der Waals surface area contributed by atoms with Gasteiger partial charge in [0.05, 0.1) is 19.2 Å². The van der Waals surface area contributed by atoms with Gasteiger partial charge in [0.2, 0.25) is 20.0 Å². The quantitative estimate of drug-likeness (QED) is 0.207. The highest BCUT2D eigenvalue weighted by Gasteiger charge is 2.32. The molecule has 16 heteroatoms. The second kappa shape index (κ2) is 10.6. The first-order valence-corrected chi connectivity index (χ1v) is 13.8. The lowest BCUT2D eigenvalue weighted by atomic mass is 10.2. The van der Waals surface area contributed by atoms with Crippen LogP contribution in [-0.4, -0.2) is 63.3 Å². The molecular formula is C18H23IN8O5S2. The summed E-state index contributed by atoms with van der Waals surface area (Å²) in [6.45, 7) is 0.00903. The predicted molar refractivity (Wildman–Crippen MR) is 132 cm³/mol. The minimum atomic E-state index is -4.54. The first-order chi connectivity index (χ1) is 16.0. The number of hydrogen-bond donors (Lipinski definition) is 4. The molecule has 0 radical (unpaired) electrons. The molecule has 1 atom stereocenters. The Balaban J connectivity index is 2.15. The van der Waals surface area contributed by atoms with Crippen LogP contribution in [0.4, 0.5) is 0 Å². The predicted octanol–water partition coefficient (Wildman–Crippen LogP) is -0.787. The van der Waals surface area contributed by atoms with Crippen LogP contribution in [0.25, 0.3) is 11.4 Å². The molecule has 13 nitrogen and oxygen atoms in total. The van der Waals surface area contributed by atoms with Crippen molar-refractivity contribution in [3.63, 3.8) is 0 Å². The summed E-state index contributed by atoms with van der Waals surface area (Å²) < 4.78 is 60.4. The van der Waals surface area contributed by atoms with Crippen LogP contribution < -0.4 is 26.1 Å². The Bertz CT molecular complexity index is 1380. The third-order valence-electron chi connectivity index (χ3n) is 4.73. The molecule has 34 heavy (non-hydrogen) atoms. The molecule has 2 aromatic carbocycles. The smallest absolute Gasteiger partial charge is 0.242 e. The minimum Gasteiger partial charge on any atom is -0.497 e. The third kappa shape index (κ3) is 5.88. The highest BCUT2D eigenvalue weighted by Crippen LogP contribution is 2.35. The fraction of sp³-hybridized carbons (Fsp3) is 0.278. The first-order valence-electron chi connectivity index (χ1n) is 9.68. The van der Waals surface area contributed by atoms with Gasteiger partial charge in [-0.15, -0.1) is 5.10 Å². The van der Waals surface area contributed by atoms with Crippen molar-refractivity contribution in [1.82, 2.24) is 24.9 Å². The summed E-state index contributed by atoms with van der Waals surface area (Å²) >= 11 is 1.87. The van der Waals surface area contributed by atoms with Crippen molar-refractivity contribution < 1.29 is 21.6 Å². The van der Waals surface area contributed by atoms with Crippen molar-refractivity contribution in [2.24, 2.45) is 16.6 Å². The maximum Gasteiger partial charge on any atom is 0.242 e. The SMILES string of the molecule is COc1ccc(Cn2nnnc2-c2c(I)ccc(S(=O)(=O)NC[C@@H](N)CN)c2S(N)(=O)=O)cc1. The maximum absolute atomic E-state index is 13.0. The summed E-state index contributed by atoms with van der Waals surface area (Å²) in [4.78, 5) is -1.17. The fourth-order valence-electron chi connectivity index (χ4n) is 3.01. The maximum atomic E-state index is 13.0. The standard InChI is InChI=1S/C18H23IN8O5S2/c1-32-13-4-2-11(3-5-13)10-27-18(24-25-26-27)16-14(19)6-7-15(17(16)33(22,28)29)34(30,31)23-9-12(21)8-20/h2-7,12,23H,8-10,20-21H2,1H3,(H2,22,28,29)/t12-/m0/s1. The molecule has 1 aromatic heterocycles. The molecule has 0 saturated carbocycles. The number of nitrogens with two attached hydrogens (primary N) is 3. The molecule has 3 aromatic rings. The molecule has 1 heterocycles. The highest BCUT2D eigenvalue weighted by molar-refractivity contribution is 14.1. The van der Waals surface area contributed by atoms with Crippen molar-refractivity contribution >= 4 is 42.6 Å². The van der Waals surface area contributed by atoms with Crippen molar-refractivity contribution in [2.75, 3.05) is 20.2 Å². The Kier molecular flexibility index (Phi) is 8.22. The number of aromatic nitrogens is 4. The molecule has 0 bridgehead atoms. The van der Waals surface area contributed by atoms with Crippen molar-refractivity contribution in [3.05, 3.63) is 45.5 Å². The number of primary sulfonamides is 1. The number of halogens is 1. The number of methoxy groups -OCH3 is 1. The van der Waals surface area contributed by atoms with Gasteiger partial charge in [0.25, 0.3) is 0 Å². The molecular weight excluding hydrogens is 599 g/mol. The van der Waals surface area contributed by atoms with E-state index in [1.54, 1.807) is 31.4 Å². The molecule has 7 N–H and O–H groups in total. The largest absolute Gasteiger partial charge is 0.497 e. The average molecular weight is 622 g/mol. The van der Waals surface area contributed by atoms with Gasteiger partial charge >= 0.3 is 0 Å². The summed E-state index contributed by atoms with van der Waals surface area (Å²) in [6, 6.07) is 9.02. The fourth-order valence-corrected chi connectivity index (χ4v) is 6.58. The normalized spacial score (nSPS) is 13.1. The first kappa shape index (κ1) is 26.4. The van der Waals surface area contributed by atoms with E-state index in [4.69, 9.17) is 21.3 Å². The number of nitrogens with one attached hydrogen (secondary N) is 1. The number of nitrogens with zero attached hydrogens (tertiary/aromatic N) is 4. The molecule has 0 saturated heterocycles. The number of benzene rings is 2.